The van der Waals surface area contributed by atoms with Crippen molar-refractivity contribution in [3.05, 3.63) is 0 Å². The lowest BCUT2D eigenvalue weighted by Gasteiger charge is -2.23. The molecule has 1 amide bonds. The number of carbonyl (C=O) groups excluding carboxylic acids is 1. The molecule has 5 nitrogen and oxygen atoms in total. The van der Waals surface area contributed by atoms with E-state index in [1.807, 2.05) is 11.9 Å². The Morgan fingerprint density at radius 3 is 1.95 bits per heavy atom. The number of rotatable bonds is 12. The van der Waals surface area contributed by atoms with Crippen LogP contribution in [0.5, 0.6) is 0 Å². The molecule has 0 aliphatic carbocycles. The van der Waals surface area contributed by atoms with Crippen molar-refractivity contribution in [1.29, 1.82) is 0 Å². The summed E-state index contributed by atoms with van der Waals surface area (Å²) in [7, 11) is 6.08. The highest BCUT2D eigenvalue weighted by Gasteiger charge is 2.10. The van der Waals surface area contributed by atoms with Gasteiger partial charge in [-0.1, -0.05) is 0 Å². The van der Waals surface area contributed by atoms with E-state index in [0.717, 1.165) is 26.1 Å². The normalized spacial score (nSPS) is 12.0. The fourth-order valence-corrected chi connectivity index (χ4v) is 1.86. The Morgan fingerprint density at radius 1 is 0.864 bits per heavy atom. The topological polar surface area (TPSA) is 36.0 Å². The van der Waals surface area contributed by atoms with Gasteiger partial charge < -0.3 is 19.4 Å². The second-order valence-electron chi connectivity index (χ2n) is 6.68. The lowest BCUT2D eigenvalue weighted by atomic mass is 10.3. The van der Waals surface area contributed by atoms with Gasteiger partial charge in [0.1, 0.15) is 0 Å². The highest BCUT2D eigenvalue weighted by Crippen LogP contribution is 1.99. The minimum absolute atomic E-state index is 0.171. The standard InChI is InChI=1S/C17H37N3O2/c1-15(2)18(5)10-8-11-20(7)17(21)9-13-22-14-12-19(6)16(3)4/h15-16H,8-14H2,1-7H3. The molecule has 0 aliphatic heterocycles. The molecule has 5 heteroatoms. The molecular weight excluding hydrogens is 278 g/mol. The maximum Gasteiger partial charge on any atom is 0.224 e. The number of hydrogen-bond acceptors (Lipinski definition) is 4. The molecule has 0 saturated heterocycles. The van der Waals surface area contributed by atoms with Crippen LogP contribution in [0.3, 0.4) is 0 Å². The zero-order valence-corrected chi connectivity index (χ0v) is 15.8. The van der Waals surface area contributed by atoms with E-state index in [1.165, 1.54) is 0 Å². The average Bonchev–Trinajstić information content (AvgIpc) is 2.45. The Morgan fingerprint density at radius 2 is 1.41 bits per heavy atom. The predicted molar refractivity (Wildman–Crippen MR) is 93.2 cm³/mol. The zero-order valence-electron chi connectivity index (χ0n) is 15.8. The van der Waals surface area contributed by atoms with Gasteiger partial charge in [-0.3, -0.25) is 4.79 Å². The maximum absolute atomic E-state index is 12.0. The molecule has 0 heterocycles. The minimum Gasteiger partial charge on any atom is -0.380 e. The number of ether oxygens (including phenoxy) is 1. The predicted octanol–water partition coefficient (Wildman–Crippen LogP) is 1.92. The summed E-state index contributed by atoms with van der Waals surface area (Å²) >= 11 is 0. The van der Waals surface area contributed by atoms with Crippen LogP contribution in [-0.2, 0) is 9.53 Å². The first-order valence-electron chi connectivity index (χ1n) is 8.47. The van der Waals surface area contributed by atoms with Gasteiger partial charge in [0.05, 0.1) is 19.6 Å². The molecule has 0 aromatic heterocycles. The van der Waals surface area contributed by atoms with E-state index >= 15 is 0 Å². The third-order valence-electron chi connectivity index (χ3n) is 4.24. The van der Waals surface area contributed by atoms with Crippen molar-refractivity contribution in [2.75, 3.05) is 54.0 Å². The Balaban J connectivity index is 3.66. The number of nitrogens with zero attached hydrogens (tertiary/aromatic N) is 3. The molecule has 0 saturated carbocycles. The smallest absolute Gasteiger partial charge is 0.224 e. The van der Waals surface area contributed by atoms with Crippen molar-refractivity contribution < 1.29 is 9.53 Å². The molecule has 0 spiro atoms. The summed E-state index contributed by atoms with van der Waals surface area (Å²) in [4.78, 5) is 18.3. The molecule has 0 rings (SSSR count). The second kappa shape index (κ2) is 11.9. The molecule has 0 aromatic carbocycles. The first-order valence-corrected chi connectivity index (χ1v) is 8.47. The summed E-state index contributed by atoms with van der Waals surface area (Å²) in [5, 5.41) is 0. The van der Waals surface area contributed by atoms with Gasteiger partial charge in [-0.25, -0.2) is 0 Å². The molecule has 0 aliphatic rings. The van der Waals surface area contributed by atoms with Crippen molar-refractivity contribution in [3.63, 3.8) is 0 Å². The maximum atomic E-state index is 12.0. The lowest BCUT2D eigenvalue weighted by molar-refractivity contribution is -0.131. The van der Waals surface area contributed by atoms with Gasteiger partial charge in [-0.2, -0.15) is 0 Å². The third kappa shape index (κ3) is 10.1. The van der Waals surface area contributed by atoms with Crippen LogP contribution in [0, 0.1) is 0 Å². The molecule has 22 heavy (non-hydrogen) atoms. The van der Waals surface area contributed by atoms with E-state index in [9.17, 15) is 4.79 Å². The van der Waals surface area contributed by atoms with E-state index < -0.39 is 0 Å². The largest absolute Gasteiger partial charge is 0.380 e. The highest BCUT2D eigenvalue weighted by atomic mass is 16.5. The summed E-state index contributed by atoms with van der Waals surface area (Å²) < 4.78 is 5.55. The molecule has 0 N–H and O–H groups in total. The van der Waals surface area contributed by atoms with Crippen LogP contribution in [0.15, 0.2) is 0 Å². The third-order valence-corrected chi connectivity index (χ3v) is 4.24. The molecule has 0 atom stereocenters. The Bertz CT molecular complexity index is 296. The van der Waals surface area contributed by atoms with Gasteiger partial charge in [-0.15, -0.1) is 0 Å². The number of amides is 1. The van der Waals surface area contributed by atoms with Crippen molar-refractivity contribution in [2.24, 2.45) is 0 Å². The van der Waals surface area contributed by atoms with Crippen LogP contribution in [0.1, 0.15) is 40.5 Å². The van der Waals surface area contributed by atoms with Gasteiger partial charge in [0.25, 0.3) is 0 Å². The number of hydrogen-bond donors (Lipinski definition) is 0. The van der Waals surface area contributed by atoms with E-state index in [4.69, 9.17) is 4.74 Å². The first-order chi connectivity index (χ1) is 10.3. The number of carbonyl (C=O) groups is 1. The molecule has 0 fully saturated rings. The molecule has 132 valence electrons. The Kier molecular flexibility index (Phi) is 11.5. The van der Waals surface area contributed by atoms with Crippen molar-refractivity contribution in [2.45, 2.75) is 52.6 Å². The Labute approximate surface area is 137 Å². The van der Waals surface area contributed by atoms with Gasteiger partial charge >= 0.3 is 0 Å². The number of likely N-dealkylation sites (N-methyl/N-ethyl adjacent to an activating group) is 1. The van der Waals surface area contributed by atoms with Crippen LogP contribution in [0.2, 0.25) is 0 Å². The van der Waals surface area contributed by atoms with Crippen LogP contribution in [0.4, 0.5) is 0 Å². The van der Waals surface area contributed by atoms with Crippen LogP contribution >= 0.6 is 0 Å². The second-order valence-corrected chi connectivity index (χ2v) is 6.68. The van der Waals surface area contributed by atoms with E-state index in [0.29, 0.717) is 31.7 Å². The molecule has 0 bridgehead atoms. The summed E-state index contributed by atoms with van der Waals surface area (Å²) in [6, 6.07) is 1.08. The summed E-state index contributed by atoms with van der Waals surface area (Å²) in [6.07, 6.45) is 1.48. The summed E-state index contributed by atoms with van der Waals surface area (Å²) in [5.41, 5.74) is 0. The van der Waals surface area contributed by atoms with Crippen LogP contribution in [0.25, 0.3) is 0 Å². The monoisotopic (exact) mass is 315 g/mol. The Hall–Kier alpha value is -0.650. The van der Waals surface area contributed by atoms with Gasteiger partial charge in [-0.05, 0) is 54.8 Å². The van der Waals surface area contributed by atoms with E-state index in [1.54, 1.807) is 0 Å². The van der Waals surface area contributed by atoms with Crippen LogP contribution in [-0.4, -0.2) is 86.7 Å². The molecule has 0 aromatic rings. The molecule has 0 radical (unpaired) electrons. The quantitative estimate of drug-likeness (QED) is 0.516. The van der Waals surface area contributed by atoms with Gasteiger partial charge in [0.2, 0.25) is 5.91 Å². The zero-order chi connectivity index (χ0) is 17.1. The van der Waals surface area contributed by atoms with E-state index in [2.05, 4.69) is 51.6 Å². The first kappa shape index (κ1) is 21.4. The van der Waals surface area contributed by atoms with Crippen molar-refractivity contribution >= 4 is 5.91 Å². The fraction of sp³-hybridized carbons (Fsp3) is 0.941. The molecule has 0 unspecified atom stereocenters. The van der Waals surface area contributed by atoms with Crippen molar-refractivity contribution in [3.8, 4) is 0 Å². The van der Waals surface area contributed by atoms with Gasteiger partial charge in [0.15, 0.2) is 0 Å². The molecular formula is C17H37N3O2. The van der Waals surface area contributed by atoms with Crippen LogP contribution < -0.4 is 0 Å². The van der Waals surface area contributed by atoms with E-state index in [-0.39, 0.29) is 5.91 Å². The summed E-state index contributed by atoms with van der Waals surface area (Å²) in [5.74, 6) is 0.171. The highest BCUT2D eigenvalue weighted by molar-refractivity contribution is 5.75. The van der Waals surface area contributed by atoms with Crippen molar-refractivity contribution in [1.82, 2.24) is 14.7 Å². The summed E-state index contributed by atoms with van der Waals surface area (Å²) in [6.45, 7) is 12.6. The minimum atomic E-state index is 0.171. The SMILES string of the molecule is CC(C)N(C)CCCN(C)C(=O)CCOCCN(C)C(C)C. The average molecular weight is 316 g/mol. The van der Waals surface area contributed by atoms with Gasteiger partial charge in [0, 0.05) is 32.2 Å². The lowest BCUT2D eigenvalue weighted by Crippen LogP contribution is -2.33. The fourth-order valence-electron chi connectivity index (χ4n) is 1.86.